The molecule has 7 heavy (non-hydrogen) atoms. The van der Waals surface area contributed by atoms with Crippen LogP contribution in [0, 0.1) is 0 Å². The van der Waals surface area contributed by atoms with Crippen LogP contribution in [0.5, 0.6) is 0 Å². The molecule has 0 aliphatic carbocycles. The molecule has 0 spiro atoms. The Labute approximate surface area is 46.5 Å². The van der Waals surface area contributed by atoms with Crippen molar-refractivity contribution >= 4 is 16.6 Å². The Kier molecular flexibility index (Phi) is 4.39. The first-order chi connectivity index (χ1) is 3.27. The SMILES string of the molecule is C=S(O)CCCN. The Morgan fingerprint density at radius 3 is 2.43 bits per heavy atom. The first-order valence-corrected chi connectivity index (χ1v) is 3.69. The molecule has 0 aromatic heterocycles. The summed E-state index contributed by atoms with van der Waals surface area (Å²) in [5.74, 6) is 4.15. The average Bonchev–Trinajstić information content (AvgIpc) is 1.61. The van der Waals surface area contributed by atoms with E-state index in [2.05, 4.69) is 5.87 Å². The molecule has 44 valence electrons. The van der Waals surface area contributed by atoms with Crippen LogP contribution in [0.4, 0.5) is 0 Å². The lowest BCUT2D eigenvalue weighted by atomic mass is 10.5. The van der Waals surface area contributed by atoms with Gasteiger partial charge in [0, 0.05) is 5.75 Å². The number of hydrogen-bond donors (Lipinski definition) is 2. The number of rotatable bonds is 3. The molecule has 3 N–H and O–H groups in total. The van der Waals surface area contributed by atoms with Gasteiger partial charge in [0.2, 0.25) is 0 Å². The second kappa shape index (κ2) is 4.30. The van der Waals surface area contributed by atoms with E-state index in [0.29, 0.717) is 6.54 Å². The summed E-state index contributed by atoms with van der Waals surface area (Å²) in [6.07, 6.45) is 0.878. The van der Waals surface area contributed by atoms with Crippen LogP contribution in [-0.4, -0.2) is 22.7 Å². The summed E-state index contributed by atoms with van der Waals surface area (Å²) in [5.41, 5.74) is 5.14. The summed E-state index contributed by atoms with van der Waals surface area (Å²) < 4.78 is 8.54. The highest BCUT2D eigenvalue weighted by molar-refractivity contribution is 8.09. The summed E-state index contributed by atoms with van der Waals surface area (Å²) in [6.45, 7) is 0.652. The molecule has 0 aliphatic heterocycles. The van der Waals surface area contributed by atoms with Gasteiger partial charge in [0.15, 0.2) is 0 Å². The standard InChI is InChI=1S/C4H11NOS/c1-7(6)4-2-3-5/h6H,1-5H2. The highest BCUT2D eigenvalue weighted by Crippen LogP contribution is 2.00. The molecule has 0 saturated carbocycles. The summed E-state index contributed by atoms with van der Waals surface area (Å²) in [6, 6.07) is 0. The Morgan fingerprint density at radius 2 is 2.29 bits per heavy atom. The number of hydrogen-bond acceptors (Lipinski definition) is 2. The highest BCUT2D eigenvalue weighted by Gasteiger charge is 1.81. The largest absolute Gasteiger partial charge is 0.338 e. The highest BCUT2D eigenvalue weighted by atomic mass is 32.2. The fourth-order valence-electron chi connectivity index (χ4n) is 0.250. The van der Waals surface area contributed by atoms with Crippen LogP contribution in [0.25, 0.3) is 0 Å². The van der Waals surface area contributed by atoms with Gasteiger partial charge in [0.05, 0.1) is 0 Å². The summed E-state index contributed by atoms with van der Waals surface area (Å²) in [5, 5.41) is 0. The van der Waals surface area contributed by atoms with E-state index in [1.54, 1.807) is 0 Å². The van der Waals surface area contributed by atoms with Gasteiger partial charge in [-0.3, -0.25) is 0 Å². The zero-order valence-corrected chi connectivity index (χ0v) is 5.08. The maximum Gasteiger partial charge on any atom is 0.0128 e. The Bertz CT molecular complexity index is 64.7. The minimum absolute atomic E-state index is 0.645. The second-order valence-corrected chi connectivity index (χ2v) is 2.64. The van der Waals surface area contributed by atoms with E-state index in [9.17, 15) is 0 Å². The van der Waals surface area contributed by atoms with Gasteiger partial charge < -0.3 is 10.3 Å². The van der Waals surface area contributed by atoms with Crippen LogP contribution in [0.1, 0.15) is 6.42 Å². The van der Waals surface area contributed by atoms with Gasteiger partial charge in [-0.2, -0.15) is 0 Å². The van der Waals surface area contributed by atoms with E-state index in [1.165, 1.54) is 0 Å². The third kappa shape index (κ3) is 6.14. The molecule has 0 fully saturated rings. The summed E-state index contributed by atoms with van der Waals surface area (Å²) in [4.78, 5) is 0. The predicted molar refractivity (Wildman–Crippen MR) is 35.9 cm³/mol. The molecular weight excluding hydrogens is 110 g/mol. The maximum absolute atomic E-state index is 8.54. The van der Waals surface area contributed by atoms with Gasteiger partial charge in [-0.15, -0.1) is 0 Å². The van der Waals surface area contributed by atoms with Crippen molar-refractivity contribution < 1.29 is 4.55 Å². The van der Waals surface area contributed by atoms with E-state index in [-0.39, 0.29) is 0 Å². The fourth-order valence-corrected chi connectivity index (χ4v) is 0.750. The van der Waals surface area contributed by atoms with Crippen molar-refractivity contribution in [1.82, 2.24) is 0 Å². The minimum Gasteiger partial charge on any atom is -0.338 e. The molecule has 0 aromatic rings. The zero-order chi connectivity index (χ0) is 5.70. The van der Waals surface area contributed by atoms with Crippen molar-refractivity contribution in [3.05, 3.63) is 0 Å². The van der Waals surface area contributed by atoms with Crippen LogP contribution < -0.4 is 5.73 Å². The number of nitrogens with two attached hydrogens (primary N) is 1. The molecule has 0 heterocycles. The molecular formula is C4H11NOS. The Hall–Kier alpha value is 0.140. The molecule has 3 heteroatoms. The van der Waals surface area contributed by atoms with Gasteiger partial charge in [0.1, 0.15) is 0 Å². The van der Waals surface area contributed by atoms with Gasteiger partial charge in [-0.25, -0.2) is 0 Å². The average molecular weight is 121 g/mol. The molecule has 0 aromatic carbocycles. The smallest absolute Gasteiger partial charge is 0.0128 e. The van der Waals surface area contributed by atoms with Crippen molar-refractivity contribution in [2.45, 2.75) is 6.42 Å². The predicted octanol–water partition coefficient (Wildman–Crippen LogP) is 0.509. The first-order valence-electron chi connectivity index (χ1n) is 2.17. The van der Waals surface area contributed by atoms with Crippen LogP contribution in [0.3, 0.4) is 0 Å². The Morgan fingerprint density at radius 1 is 1.71 bits per heavy atom. The van der Waals surface area contributed by atoms with Crippen molar-refractivity contribution in [1.29, 1.82) is 0 Å². The third-order valence-corrected chi connectivity index (χ3v) is 1.34. The van der Waals surface area contributed by atoms with Crippen LogP contribution in [0.2, 0.25) is 0 Å². The molecule has 0 saturated heterocycles. The van der Waals surface area contributed by atoms with Crippen LogP contribution >= 0.6 is 10.8 Å². The minimum atomic E-state index is -0.645. The normalized spacial score (nSPS) is 14.0. The van der Waals surface area contributed by atoms with Crippen LogP contribution in [0.15, 0.2) is 0 Å². The summed E-state index contributed by atoms with van der Waals surface area (Å²) >= 11 is 0. The van der Waals surface area contributed by atoms with E-state index < -0.39 is 10.8 Å². The molecule has 2 nitrogen and oxygen atoms in total. The molecule has 1 atom stereocenters. The van der Waals surface area contributed by atoms with Gasteiger partial charge in [-0.05, 0) is 13.0 Å². The Balaban J connectivity index is 2.82. The van der Waals surface area contributed by atoms with Crippen molar-refractivity contribution in [3.8, 4) is 0 Å². The lowest BCUT2D eigenvalue weighted by molar-refractivity contribution is 0.658. The molecule has 0 radical (unpaired) electrons. The van der Waals surface area contributed by atoms with Gasteiger partial charge in [-0.1, -0.05) is 16.6 Å². The molecule has 0 bridgehead atoms. The monoisotopic (exact) mass is 121 g/mol. The van der Waals surface area contributed by atoms with Crippen LogP contribution in [-0.2, 0) is 0 Å². The molecule has 0 rings (SSSR count). The molecule has 1 unspecified atom stereocenters. The maximum atomic E-state index is 8.54. The van der Waals surface area contributed by atoms with Crippen molar-refractivity contribution in [2.75, 3.05) is 12.3 Å². The van der Waals surface area contributed by atoms with Crippen molar-refractivity contribution in [2.24, 2.45) is 5.73 Å². The van der Waals surface area contributed by atoms with E-state index in [1.807, 2.05) is 0 Å². The van der Waals surface area contributed by atoms with Crippen molar-refractivity contribution in [3.63, 3.8) is 0 Å². The third-order valence-electron chi connectivity index (χ3n) is 0.584. The second-order valence-electron chi connectivity index (χ2n) is 1.31. The lowest BCUT2D eigenvalue weighted by Gasteiger charge is -1.92. The summed E-state index contributed by atoms with van der Waals surface area (Å²) in [7, 11) is -0.645. The quantitative estimate of drug-likeness (QED) is 0.534. The van der Waals surface area contributed by atoms with E-state index in [4.69, 9.17) is 10.3 Å². The van der Waals surface area contributed by atoms with Gasteiger partial charge in [0.25, 0.3) is 0 Å². The van der Waals surface area contributed by atoms with Gasteiger partial charge >= 0.3 is 0 Å². The topological polar surface area (TPSA) is 46.2 Å². The van der Waals surface area contributed by atoms with E-state index >= 15 is 0 Å². The lowest BCUT2D eigenvalue weighted by Crippen LogP contribution is -1.99. The van der Waals surface area contributed by atoms with E-state index in [0.717, 1.165) is 12.2 Å². The zero-order valence-electron chi connectivity index (χ0n) is 4.26. The first kappa shape index (κ1) is 7.14. The molecule has 0 aliphatic rings. The fraction of sp³-hybridized carbons (Fsp3) is 0.750. The molecule has 0 amide bonds.